The van der Waals surface area contributed by atoms with E-state index in [0.29, 0.717) is 28.6 Å². The highest BCUT2D eigenvalue weighted by Crippen LogP contribution is 2.28. The van der Waals surface area contributed by atoms with Gasteiger partial charge in [0.2, 0.25) is 0 Å². The van der Waals surface area contributed by atoms with E-state index in [9.17, 15) is 9.59 Å². The van der Waals surface area contributed by atoms with Crippen LogP contribution in [0.5, 0.6) is 11.5 Å². The van der Waals surface area contributed by atoms with Crippen LogP contribution >= 0.6 is 11.6 Å². The predicted octanol–water partition coefficient (Wildman–Crippen LogP) is 3.76. The molecule has 0 fully saturated rings. The molecular weight excluding hydrogens is 354 g/mol. The van der Waals surface area contributed by atoms with Crippen LogP contribution in [0, 0.1) is 0 Å². The van der Waals surface area contributed by atoms with E-state index in [2.05, 4.69) is 5.32 Å². The van der Waals surface area contributed by atoms with Crippen molar-refractivity contribution in [3.05, 3.63) is 64.7 Å². The van der Waals surface area contributed by atoms with Gasteiger partial charge in [-0.25, -0.2) is 0 Å². The molecule has 1 N–H and O–H groups in total. The Balaban J connectivity index is 2.07. The fourth-order valence-electron chi connectivity index (χ4n) is 2.18. The zero-order valence-corrected chi connectivity index (χ0v) is 15.4. The number of likely N-dealkylation sites (N-methyl/N-ethyl adjacent to an activating group) is 1. The highest BCUT2D eigenvalue weighted by atomic mass is 35.5. The van der Waals surface area contributed by atoms with Gasteiger partial charge >= 0.3 is 0 Å². The summed E-state index contributed by atoms with van der Waals surface area (Å²) in [5.74, 6) is 0.611. The first-order valence-corrected chi connectivity index (χ1v) is 8.46. The average molecular weight is 374 g/mol. The van der Waals surface area contributed by atoms with E-state index in [1.54, 1.807) is 48.5 Å². The van der Waals surface area contributed by atoms with Crippen LogP contribution in [0.15, 0.2) is 48.5 Å². The van der Waals surface area contributed by atoms with Gasteiger partial charge in [0.1, 0.15) is 0 Å². The normalized spacial score (nSPS) is 10.6. The second-order valence-corrected chi connectivity index (χ2v) is 5.79. The minimum Gasteiger partial charge on any atom is -0.493 e. The summed E-state index contributed by atoms with van der Waals surface area (Å²) in [5.41, 5.74) is 1.33. The Kier molecular flexibility index (Phi) is 7.24. The van der Waals surface area contributed by atoms with Gasteiger partial charge in [-0.1, -0.05) is 23.7 Å². The lowest BCUT2D eigenvalue weighted by Crippen LogP contribution is -2.28. The zero-order valence-electron chi connectivity index (χ0n) is 14.6. The maximum atomic E-state index is 12.2. The van der Waals surface area contributed by atoms with Crippen LogP contribution in [0.2, 0.25) is 5.02 Å². The number of halogens is 1. The minimum absolute atomic E-state index is 0.0889. The molecule has 5 nitrogen and oxygen atoms in total. The fraction of sp³-hybridized carbons (Fsp3) is 0.200. The van der Waals surface area contributed by atoms with Crippen molar-refractivity contribution >= 4 is 29.4 Å². The average Bonchev–Trinajstić information content (AvgIpc) is 2.65. The van der Waals surface area contributed by atoms with E-state index in [-0.39, 0.29) is 18.3 Å². The van der Waals surface area contributed by atoms with Crippen LogP contribution in [-0.2, 0) is 4.79 Å². The number of allylic oxidation sites excluding steroid dienone is 1. The third-order valence-electron chi connectivity index (χ3n) is 3.48. The van der Waals surface area contributed by atoms with Gasteiger partial charge in [-0.15, -0.1) is 0 Å². The van der Waals surface area contributed by atoms with E-state index >= 15 is 0 Å². The summed E-state index contributed by atoms with van der Waals surface area (Å²) in [4.78, 5) is 23.6. The second kappa shape index (κ2) is 9.63. The van der Waals surface area contributed by atoms with Crippen molar-refractivity contribution in [2.45, 2.75) is 6.92 Å². The molecule has 0 heterocycles. The Morgan fingerprint density at radius 1 is 1.12 bits per heavy atom. The summed E-state index contributed by atoms with van der Waals surface area (Å²) >= 11 is 5.82. The summed E-state index contributed by atoms with van der Waals surface area (Å²) in [6.45, 7) is 2.30. The molecular formula is C20H20ClNO4. The summed E-state index contributed by atoms with van der Waals surface area (Å²) in [7, 11) is 1.51. The Hall–Kier alpha value is -2.79. The number of hydrogen-bond acceptors (Lipinski definition) is 4. The number of amides is 1. The lowest BCUT2D eigenvalue weighted by Gasteiger charge is -2.11. The molecule has 0 spiro atoms. The third-order valence-corrected chi connectivity index (χ3v) is 3.73. The van der Waals surface area contributed by atoms with Crippen LogP contribution in [0.25, 0.3) is 6.08 Å². The van der Waals surface area contributed by atoms with Crippen molar-refractivity contribution in [2.75, 3.05) is 20.3 Å². The number of hydrogen-bond donors (Lipinski definition) is 1. The molecule has 2 aromatic carbocycles. The highest BCUT2D eigenvalue weighted by molar-refractivity contribution is 6.30. The number of nitrogens with one attached hydrogen (secondary N) is 1. The molecule has 0 bridgehead atoms. The lowest BCUT2D eigenvalue weighted by molar-refractivity contribution is -0.123. The molecule has 6 heteroatoms. The Bertz CT molecular complexity index is 800. The van der Waals surface area contributed by atoms with E-state index < -0.39 is 0 Å². The number of rotatable bonds is 8. The highest BCUT2D eigenvalue weighted by Gasteiger charge is 2.08. The largest absolute Gasteiger partial charge is 0.493 e. The molecule has 0 saturated carbocycles. The first-order chi connectivity index (χ1) is 12.5. The van der Waals surface area contributed by atoms with Crippen molar-refractivity contribution in [3.8, 4) is 11.5 Å². The van der Waals surface area contributed by atoms with Crippen molar-refractivity contribution in [2.24, 2.45) is 0 Å². The molecule has 0 unspecified atom stereocenters. The van der Waals surface area contributed by atoms with Crippen LogP contribution in [-0.4, -0.2) is 32.0 Å². The predicted molar refractivity (Wildman–Crippen MR) is 102 cm³/mol. The fourth-order valence-corrected chi connectivity index (χ4v) is 2.31. The summed E-state index contributed by atoms with van der Waals surface area (Å²) in [5, 5.41) is 3.24. The number of methoxy groups -OCH3 is 1. The Morgan fingerprint density at radius 3 is 2.50 bits per heavy atom. The van der Waals surface area contributed by atoms with Crippen LogP contribution < -0.4 is 14.8 Å². The topological polar surface area (TPSA) is 64.6 Å². The molecule has 0 atom stereocenters. The van der Waals surface area contributed by atoms with Gasteiger partial charge in [0.05, 0.1) is 7.11 Å². The van der Waals surface area contributed by atoms with Gasteiger partial charge in [-0.2, -0.15) is 0 Å². The first kappa shape index (κ1) is 19.5. The maximum absolute atomic E-state index is 12.2. The van der Waals surface area contributed by atoms with Gasteiger partial charge < -0.3 is 14.8 Å². The van der Waals surface area contributed by atoms with Gasteiger partial charge in [0.15, 0.2) is 23.9 Å². The van der Waals surface area contributed by atoms with Gasteiger partial charge in [0.25, 0.3) is 5.91 Å². The third kappa shape index (κ3) is 5.63. The number of benzene rings is 2. The van der Waals surface area contributed by atoms with E-state index in [4.69, 9.17) is 21.1 Å². The molecule has 0 aliphatic rings. The minimum atomic E-state index is -0.202. The molecule has 2 aromatic rings. The number of ether oxygens (including phenoxy) is 2. The lowest BCUT2D eigenvalue weighted by atomic mass is 10.1. The molecule has 0 saturated heterocycles. The van der Waals surface area contributed by atoms with Crippen molar-refractivity contribution in [1.82, 2.24) is 5.32 Å². The standard InChI is InChI=1S/C20H20ClNO4/c1-3-22-20(24)13-26-18-11-5-14(12-19(18)25-2)4-10-17(23)15-6-8-16(21)9-7-15/h4-12H,3,13H2,1-2H3,(H,22,24)/b10-4+. The molecule has 2 rings (SSSR count). The molecule has 0 aliphatic carbocycles. The molecule has 26 heavy (non-hydrogen) atoms. The summed E-state index contributed by atoms with van der Waals surface area (Å²) in [6, 6.07) is 11.9. The number of ketones is 1. The molecule has 0 aliphatic heterocycles. The van der Waals surface area contributed by atoms with Crippen LogP contribution in [0.3, 0.4) is 0 Å². The van der Waals surface area contributed by atoms with Crippen LogP contribution in [0.1, 0.15) is 22.8 Å². The van der Waals surface area contributed by atoms with Gasteiger partial charge in [0, 0.05) is 17.1 Å². The monoisotopic (exact) mass is 373 g/mol. The number of carbonyl (C=O) groups is 2. The smallest absolute Gasteiger partial charge is 0.257 e. The Labute approximate surface area is 157 Å². The van der Waals surface area contributed by atoms with Crippen molar-refractivity contribution in [3.63, 3.8) is 0 Å². The SMILES string of the molecule is CCNC(=O)COc1ccc(/C=C/C(=O)c2ccc(Cl)cc2)cc1OC. The number of carbonyl (C=O) groups excluding carboxylic acids is 2. The van der Waals surface area contributed by atoms with Crippen molar-refractivity contribution in [1.29, 1.82) is 0 Å². The molecule has 136 valence electrons. The second-order valence-electron chi connectivity index (χ2n) is 5.36. The zero-order chi connectivity index (χ0) is 18.9. The first-order valence-electron chi connectivity index (χ1n) is 8.09. The van der Waals surface area contributed by atoms with E-state index in [0.717, 1.165) is 5.56 Å². The van der Waals surface area contributed by atoms with Gasteiger partial charge in [-0.05, 0) is 55.0 Å². The maximum Gasteiger partial charge on any atom is 0.257 e. The van der Waals surface area contributed by atoms with Crippen LogP contribution in [0.4, 0.5) is 0 Å². The summed E-state index contributed by atoms with van der Waals surface area (Å²) < 4.78 is 10.8. The molecule has 0 aromatic heterocycles. The van der Waals surface area contributed by atoms with Gasteiger partial charge in [-0.3, -0.25) is 9.59 Å². The van der Waals surface area contributed by atoms with E-state index in [1.165, 1.54) is 13.2 Å². The molecule has 0 radical (unpaired) electrons. The van der Waals surface area contributed by atoms with Crippen molar-refractivity contribution < 1.29 is 19.1 Å². The van der Waals surface area contributed by atoms with E-state index in [1.807, 2.05) is 6.92 Å². The molecule has 1 amide bonds. The Morgan fingerprint density at radius 2 is 1.85 bits per heavy atom. The summed E-state index contributed by atoms with van der Waals surface area (Å²) in [6.07, 6.45) is 3.17. The quantitative estimate of drug-likeness (QED) is 0.565.